The molecule has 0 bridgehead atoms. The van der Waals surface area contributed by atoms with Crippen LogP contribution in [0.5, 0.6) is 0 Å². The number of hydrogen-bond acceptors (Lipinski definition) is 4. The number of aromatic nitrogens is 2. The highest BCUT2D eigenvalue weighted by Crippen LogP contribution is 2.35. The summed E-state index contributed by atoms with van der Waals surface area (Å²) in [4.78, 5) is 20.4. The number of benzene rings is 2. The number of imidazole rings is 1. The van der Waals surface area contributed by atoms with Gasteiger partial charge < -0.3 is 14.6 Å². The molecular weight excluding hydrogens is 529 g/mol. The molecule has 2 saturated heterocycles. The summed E-state index contributed by atoms with van der Waals surface area (Å²) >= 11 is 0. The fourth-order valence-corrected chi connectivity index (χ4v) is 6.92. The minimum Gasteiger partial charge on any atom is -0.480 e. The predicted molar refractivity (Wildman–Crippen MR) is 154 cm³/mol. The molecule has 9 heteroatoms. The quantitative estimate of drug-likeness (QED) is 0.364. The average molecular weight is 571 g/mol. The van der Waals surface area contributed by atoms with Gasteiger partial charge in [-0.05, 0) is 94.4 Å². The van der Waals surface area contributed by atoms with Crippen LogP contribution in [0.25, 0.3) is 11.0 Å². The molecule has 2 atom stereocenters. The lowest BCUT2D eigenvalue weighted by atomic mass is 9.83. The monoisotopic (exact) mass is 570 g/mol. The smallest absolute Gasteiger partial charge is 0.416 e. The molecule has 222 valence electrons. The Labute approximate surface area is 240 Å². The molecule has 1 N–H and O–H groups in total. The normalized spacial score (nSPS) is 22.4. The molecule has 2 aromatic carbocycles. The van der Waals surface area contributed by atoms with Crippen LogP contribution in [-0.4, -0.2) is 69.7 Å². The van der Waals surface area contributed by atoms with Gasteiger partial charge in [0.2, 0.25) is 0 Å². The van der Waals surface area contributed by atoms with E-state index in [-0.39, 0.29) is 6.04 Å². The zero-order chi connectivity index (χ0) is 29.0. The van der Waals surface area contributed by atoms with E-state index in [2.05, 4.69) is 46.1 Å². The van der Waals surface area contributed by atoms with Crippen LogP contribution in [0.4, 0.5) is 13.2 Å². The topological polar surface area (TPSA) is 61.6 Å². The summed E-state index contributed by atoms with van der Waals surface area (Å²) in [6.45, 7) is 3.83. The number of carbonyl (C=O) groups is 1. The number of carboxylic acid groups (broad SMARTS) is 1. The Morgan fingerprint density at radius 3 is 2.32 bits per heavy atom. The summed E-state index contributed by atoms with van der Waals surface area (Å²) in [5, 5.41) is 9.70. The van der Waals surface area contributed by atoms with E-state index in [0.29, 0.717) is 23.4 Å². The Morgan fingerprint density at radius 1 is 0.951 bits per heavy atom. The first-order chi connectivity index (χ1) is 19.7. The van der Waals surface area contributed by atoms with Crippen molar-refractivity contribution < 1.29 is 23.1 Å². The van der Waals surface area contributed by atoms with Crippen molar-refractivity contribution in [2.75, 3.05) is 33.2 Å². The first-order valence-corrected chi connectivity index (χ1v) is 14.9. The van der Waals surface area contributed by atoms with Crippen molar-refractivity contribution in [3.63, 3.8) is 0 Å². The van der Waals surface area contributed by atoms with Crippen LogP contribution in [0.15, 0.2) is 54.9 Å². The lowest BCUT2D eigenvalue weighted by molar-refractivity contribution is -0.145. The molecule has 3 aliphatic rings. The van der Waals surface area contributed by atoms with E-state index >= 15 is 0 Å². The molecule has 3 heterocycles. The highest BCUT2D eigenvalue weighted by atomic mass is 19.4. The third-order valence-electron chi connectivity index (χ3n) is 9.22. The van der Waals surface area contributed by atoms with Crippen LogP contribution in [0.1, 0.15) is 74.5 Å². The maximum absolute atomic E-state index is 12.7. The molecular formula is C32H41F3N4O2. The van der Waals surface area contributed by atoms with E-state index in [9.17, 15) is 23.1 Å². The third kappa shape index (κ3) is 7.12. The number of carboxylic acids is 1. The number of piperidine rings is 1. The minimum atomic E-state index is -4.31. The van der Waals surface area contributed by atoms with Crippen LogP contribution in [0.3, 0.4) is 0 Å². The van der Waals surface area contributed by atoms with E-state index in [1.165, 1.54) is 30.9 Å². The maximum atomic E-state index is 12.7. The zero-order valence-electron chi connectivity index (χ0n) is 23.8. The van der Waals surface area contributed by atoms with Crippen molar-refractivity contribution in [3.8, 4) is 0 Å². The Bertz CT molecular complexity index is 1280. The third-order valence-corrected chi connectivity index (χ3v) is 9.22. The minimum absolute atomic E-state index is 0.265. The summed E-state index contributed by atoms with van der Waals surface area (Å²) < 4.78 is 40.1. The number of hydrogen-bond donors (Lipinski definition) is 1. The zero-order valence-corrected chi connectivity index (χ0v) is 23.8. The number of fused-ring (bicyclic) bond motifs is 1. The lowest BCUT2D eigenvalue weighted by Gasteiger charge is -2.33. The van der Waals surface area contributed by atoms with Crippen molar-refractivity contribution >= 4 is 17.0 Å². The van der Waals surface area contributed by atoms with Crippen LogP contribution in [0, 0.1) is 5.92 Å². The summed E-state index contributed by atoms with van der Waals surface area (Å²) in [5.41, 5.74) is 1.91. The number of rotatable bonds is 5. The van der Waals surface area contributed by atoms with Gasteiger partial charge in [0.1, 0.15) is 6.04 Å². The Morgan fingerprint density at radius 2 is 1.66 bits per heavy atom. The molecule has 0 radical (unpaired) electrons. The molecule has 0 amide bonds. The van der Waals surface area contributed by atoms with Crippen molar-refractivity contribution in [2.24, 2.45) is 5.92 Å². The predicted octanol–water partition coefficient (Wildman–Crippen LogP) is 6.83. The second-order valence-electron chi connectivity index (χ2n) is 12.0. The molecule has 3 fully saturated rings. The van der Waals surface area contributed by atoms with Crippen molar-refractivity contribution in [1.82, 2.24) is 19.4 Å². The Balaban J connectivity index is 0.000000165. The van der Waals surface area contributed by atoms with Gasteiger partial charge in [0.05, 0.1) is 22.9 Å². The summed E-state index contributed by atoms with van der Waals surface area (Å²) in [5.74, 6) is 0.234. The number of aliphatic carboxylic acids is 1. The largest absolute Gasteiger partial charge is 0.480 e. The van der Waals surface area contributed by atoms with Gasteiger partial charge in [0, 0.05) is 12.6 Å². The van der Waals surface area contributed by atoms with Gasteiger partial charge >= 0.3 is 12.1 Å². The molecule has 3 aromatic rings. The van der Waals surface area contributed by atoms with Crippen LogP contribution >= 0.6 is 0 Å². The summed E-state index contributed by atoms with van der Waals surface area (Å²) in [7, 11) is 2.08. The maximum Gasteiger partial charge on any atom is 0.416 e. The number of halogens is 3. The standard InChI is InChI=1S/C18H25NO2.C14H16F3N3/c20-18(21)17(15-9-5-2-6-10-15)19-12-11-16(13-19)14-7-3-1-4-8-14;1-19-6-4-11(5-7-19)20-9-18-12-8-10(14(15,16)17)2-3-13(12)20/h1,3-4,7-8,15-17H,2,5-6,9-13H2,(H,20,21);2-3,8-9,11H,4-7H2,1H3/t16-,17?;/m1./s1. The van der Waals surface area contributed by atoms with E-state index in [1.54, 1.807) is 6.33 Å². The van der Waals surface area contributed by atoms with Crippen LogP contribution in [-0.2, 0) is 11.0 Å². The molecule has 2 aliphatic heterocycles. The first-order valence-electron chi connectivity index (χ1n) is 14.9. The molecule has 6 rings (SSSR count). The second kappa shape index (κ2) is 12.9. The SMILES string of the molecule is CN1CCC(n2cnc3cc(C(F)(F)F)ccc32)CC1.O=C(O)C(C1CCCCC1)N1CC[C@@H](c2ccccc2)C1. The fourth-order valence-electron chi connectivity index (χ4n) is 6.92. The number of likely N-dealkylation sites (tertiary alicyclic amines) is 2. The fraction of sp³-hybridized carbons (Fsp3) is 0.562. The van der Waals surface area contributed by atoms with Gasteiger partial charge in [-0.25, -0.2) is 4.98 Å². The van der Waals surface area contributed by atoms with Crippen molar-refractivity contribution in [3.05, 3.63) is 66.0 Å². The number of nitrogens with zero attached hydrogens (tertiary/aromatic N) is 4. The van der Waals surface area contributed by atoms with E-state index < -0.39 is 17.7 Å². The van der Waals surface area contributed by atoms with Crippen LogP contribution in [0.2, 0.25) is 0 Å². The van der Waals surface area contributed by atoms with Gasteiger partial charge in [-0.2, -0.15) is 13.2 Å². The van der Waals surface area contributed by atoms with E-state index in [4.69, 9.17) is 0 Å². The second-order valence-corrected chi connectivity index (χ2v) is 12.0. The van der Waals surface area contributed by atoms with Gasteiger partial charge in [0.15, 0.2) is 0 Å². The first kappa shape index (κ1) is 29.6. The molecule has 0 spiro atoms. The van der Waals surface area contributed by atoms with Crippen molar-refractivity contribution in [1.29, 1.82) is 0 Å². The van der Waals surface area contributed by atoms with Gasteiger partial charge in [0.25, 0.3) is 0 Å². The molecule has 1 saturated carbocycles. The average Bonchev–Trinajstić information content (AvgIpc) is 3.62. The summed E-state index contributed by atoms with van der Waals surface area (Å²) in [6, 6.07) is 14.4. The molecule has 41 heavy (non-hydrogen) atoms. The van der Waals surface area contributed by atoms with Crippen LogP contribution < -0.4 is 0 Å². The molecule has 1 unspecified atom stereocenters. The Kier molecular flexibility index (Phi) is 9.34. The van der Waals surface area contributed by atoms with Gasteiger partial charge in [-0.15, -0.1) is 0 Å². The number of alkyl halides is 3. The lowest BCUT2D eigenvalue weighted by Crippen LogP contribution is -2.45. The molecule has 6 nitrogen and oxygen atoms in total. The van der Waals surface area contributed by atoms with Gasteiger partial charge in [-0.1, -0.05) is 49.6 Å². The molecule has 1 aliphatic carbocycles. The van der Waals surface area contributed by atoms with Crippen molar-refractivity contribution in [2.45, 2.75) is 75.5 Å². The summed E-state index contributed by atoms with van der Waals surface area (Å²) in [6.07, 6.45) is 6.29. The molecule has 1 aromatic heterocycles. The Hall–Kier alpha value is -2.91. The van der Waals surface area contributed by atoms with Gasteiger partial charge in [-0.3, -0.25) is 9.69 Å². The van der Waals surface area contributed by atoms with E-state index in [0.717, 1.165) is 75.9 Å². The highest BCUT2D eigenvalue weighted by molar-refractivity contribution is 5.76. The highest BCUT2D eigenvalue weighted by Gasteiger charge is 2.38. The van der Waals surface area contributed by atoms with E-state index in [1.807, 2.05) is 10.6 Å².